The van der Waals surface area contributed by atoms with E-state index in [1.807, 2.05) is 0 Å². The highest BCUT2D eigenvalue weighted by Gasteiger charge is 2.50. The Hall–Kier alpha value is -0.830. The van der Waals surface area contributed by atoms with Gasteiger partial charge in [-0.25, -0.2) is 4.98 Å². The van der Waals surface area contributed by atoms with Crippen molar-refractivity contribution in [3.05, 3.63) is 17.7 Å². The van der Waals surface area contributed by atoms with Crippen LogP contribution in [0.5, 0.6) is 0 Å². The summed E-state index contributed by atoms with van der Waals surface area (Å²) in [5.74, 6) is 4.26. The Balaban J connectivity index is 1.25. The monoisotopic (exact) mass is 300 g/mol. The molecule has 1 aromatic heterocycles. The van der Waals surface area contributed by atoms with E-state index in [-0.39, 0.29) is 6.10 Å². The minimum absolute atomic E-state index is 0.230. The zero-order chi connectivity index (χ0) is 14.6. The molecular weight excluding hydrogens is 272 g/mol. The number of aromatic amines is 1. The van der Waals surface area contributed by atoms with Crippen LogP contribution < -0.4 is 0 Å². The van der Waals surface area contributed by atoms with Crippen LogP contribution in [0.15, 0.2) is 6.20 Å². The summed E-state index contributed by atoms with van der Waals surface area (Å²) in [6.07, 6.45) is 16.4. The highest BCUT2D eigenvalue weighted by Crippen LogP contribution is 2.61. The SMILES string of the molecule is c1nc(C2CCCO2)[nH]c1CCC12CC3CC(CC(C3)C1)C2. The second-order valence-corrected chi connectivity index (χ2v) is 8.71. The lowest BCUT2D eigenvalue weighted by Gasteiger charge is -2.57. The van der Waals surface area contributed by atoms with Gasteiger partial charge in [0.2, 0.25) is 0 Å². The van der Waals surface area contributed by atoms with Crippen molar-refractivity contribution >= 4 is 0 Å². The van der Waals surface area contributed by atoms with Crippen molar-refractivity contribution in [2.45, 2.75) is 70.3 Å². The second kappa shape index (κ2) is 5.09. The van der Waals surface area contributed by atoms with Gasteiger partial charge in [0.1, 0.15) is 11.9 Å². The average molecular weight is 300 g/mol. The number of rotatable bonds is 4. The normalized spacial score (nSPS) is 43.1. The molecule has 0 radical (unpaired) electrons. The summed E-state index contributed by atoms with van der Waals surface area (Å²) in [5, 5.41) is 0. The molecule has 0 aromatic carbocycles. The number of hydrogen-bond donors (Lipinski definition) is 1. The number of aryl methyl sites for hydroxylation is 1. The van der Waals surface area contributed by atoms with Crippen molar-refractivity contribution in [2.75, 3.05) is 6.61 Å². The number of ether oxygens (including phenoxy) is 1. The van der Waals surface area contributed by atoms with E-state index in [9.17, 15) is 0 Å². The van der Waals surface area contributed by atoms with Crippen LogP contribution in [0.3, 0.4) is 0 Å². The Morgan fingerprint density at radius 2 is 1.86 bits per heavy atom. The minimum atomic E-state index is 0.230. The van der Waals surface area contributed by atoms with E-state index in [2.05, 4.69) is 16.2 Å². The molecule has 22 heavy (non-hydrogen) atoms. The summed E-state index contributed by atoms with van der Waals surface area (Å²) in [4.78, 5) is 8.13. The Morgan fingerprint density at radius 1 is 1.14 bits per heavy atom. The molecule has 4 bridgehead atoms. The molecule has 1 aromatic rings. The molecule has 1 aliphatic heterocycles. The van der Waals surface area contributed by atoms with Gasteiger partial charge in [-0.3, -0.25) is 0 Å². The van der Waals surface area contributed by atoms with Crippen molar-refractivity contribution < 1.29 is 4.74 Å². The zero-order valence-corrected chi connectivity index (χ0v) is 13.5. The van der Waals surface area contributed by atoms with Crippen molar-refractivity contribution in [3.63, 3.8) is 0 Å². The third-order valence-corrected chi connectivity index (χ3v) is 6.97. The summed E-state index contributed by atoms with van der Waals surface area (Å²) in [7, 11) is 0. The van der Waals surface area contributed by atoms with Gasteiger partial charge in [-0.15, -0.1) is 0 Å². The maximum atomic E-state index is 5.74. The van der Waals surface area contributed by atoms with E-state index in [4.69, 9.17) is 4.74 Å². The summed E-state index contributed by atoms with van der Waals surface area (Å²) >= 11 is 0. The molecule has 4 aliphatic carbocycles. The molecule has 3 nitrogen and oxygen atoms in total. The van der Waals surface area contributed by atoms with Crippen LogP contribution in [0.25, 0.3) is 0 Å². The van der Waals surface area contributed by atoms with Crippen LogP contribution in [-0.4, -0.2) is 16.6 Å². The van der Waals surface area contributed by atoms with Crippen LogP contribution in [0.4, 0.5) is 0 Å². The number of hydrogen-bond acceptors (Lipinski definition) is 2. The number of nitrogens with zero attached hydrogens (tertiary/aromatic N) is 1. The van der Waals surface area contributed by atoms with Gasteiger partial charge in [-0.1, -0.05) is 0 Å². The predicted octanol–water partition coefficient (Wildman–Crippen LogP) is 4.41. The van der Waals surface area contributed by atoms with E-state index >= 15 is 0 Å². The van der Waals surface area contributed by atoms with Gasteiger partial charge in [0.05, 0.1) is 0 Å². The highest BCUT2D eigenvalue weighted by molar-refractivity contribution is 5.07. The van der Waals surface area contributed by atoms with Crippen molar-refractivity contribution in [1.29, 1.82) is 0 Å². The van der Waals surface area contributed by atoms with E-state index in [0.717, 1.165) is 36.6 Å². The van der Waals surface area contributed by atoms with Crippen molar-refractivity contribution in [2.24, 2.45) is 23.2 Å². The lowest BCUT2D eigenvalue weighted by Crippen LogP contribution is -2.46. The van der Waals surface area contributed by atoms with E-state index in [1.54, 1.807) is 19.3 Å². The van der Waals surface area contributed by atoms with E-state index in [0.29, 0.717) is 5.41 Å². The van der Waals surface area contributed by atoms with Crippen LogP contribution in [-0.2, 0) is 11.2 Å². The van der Waals surface area contributed by atoms with Crippen LogP contribution in [0, 0.1) is 23.2 Å². The summed E-state index contributed by atoms with van der Waals surface area (Å²) in [6, 6.07) is 0. The molecule has 1 atom stereocenters. The molecule has 1 unspecified atom stereocenters. The maximum Gasteiger partial charge on any atom is 0.135 e. The number of H-pyrrole nitrogens is 1. The highest BCUT2D eigenvalue weighted by atomic mass is 16.5. The van der Waals surface area contributed by atoms with Gasteiger partial charge in [0, 0.05) is 18.5 Å². The molecule has 0 amide bonds. The average Bonchev–Trinajstić information content (AvgIpc) is 3.15. The molecule has 3 heteroatoms. The Kier molecular flexibility index (Phi) is 3.14. The fourth-order valence-corrected chi connectivity index (χ4v) is 6.46. The van der Waals surface area contributed by atoms with Gasteiger partial charge in [0.15, 0.2) is 0 Å². The third-order valence-electron chi connectivity index (χ3n) is 6.97. The number of imidazole rings is 1. The van der Waals surface area contributed by atoms with Crippen molar-refractivity contribution in [1.82, 2.24) is 9.97 Å². The first-order chi connectivity index (χ1) is 10.8. The van der Waals surface area contributed by atoms with E-state index < -0.39 is 0 Å². The third kappa shape index (κ3) is 2.33. The Morgan fingerprint density at radius 3 is 2.50 bits per heavy atom. The first-order valence-corrected chi connectivity index (χ1v) is 9.43. The molecule has 6 rings (SSSR count). The van der Waals surface area contributed by atoms with Crippen LogP contribution >= 0.6 is 0 Å². The van der Waals surface area contributed by atoms with Gasteiger partial charge in [-0.05, 0) is 87.4 Å². The van der Waals surface area contributed by atoms with E-state index in [1.165, 1.54) is 44.2 Å². The lowest BCUT2D eigenvalue weighted by molar-refractivity contribution is -0.0570. The fourth-order valence-electron chi connectivity index (χ4n) is 6.46. The quantitative estimate of drug-likeness (QED) is 0.894. The van der Waals surface area contributed by atoms with Gasteiger partial charge in [-0.2, -0.15) is 0 Å². The van der Waals surface area contributed by atoms with Gasteiger partial charge in [0.25, 0.3) is 0 Å². The lowest BCUT2D eigenvalue weighted by atomic mass is 9.48. The molecule has 0 spiro atoms. The van der Waals surface area contributed by atoms with Crippen LogP contribution in [0.1, 0.15) is 75.4 Å². The topological polar surface area (TPSA) is 37.9 Å². The smallest absolute Gasteiger partial charge is 0.135 e. The predicted molar refractivity (Wildman–Crippen MR) is 85.4 cm³/mol. The fraction of sp³-hybridized carbons (Fsp3) is 0.842. The summed E-state index contributed by atoms with van der Waals surface area (Å²) < 4.78 is 5.74. The molecule has 1 N–H and O–H groups in total. The standard InChI is InChI=1S/C19H28N2O/c1-2-17(22-5-1)18-20-12-16(21-18)3-4-19-9-13-6-14(10-19)8-15(7-13)11-19/h12-15,17H,1-11H2,(H,20,21). The minimum Gasteiger partial charge on any atom is -0.370 e. The first-order valence-electron chi connectivity index (χ1n) is 9.43. The van der Waals surface area contributed by atoms with Crippen molar-refractivity contribution in [3.8, 4) is 0 Å². The second-order valence-electron chi connectivity index (χ2n) is 8.71. The van der Waals surface area contributed by atoms with Crippen LogP contribution in [0.2, 0.25) is 0 Å². The number of aromatic nitrogens is 2. The zero-order valence-electron chi connectivity index (χ0n) is 13.5. The maximum absolute atomic E-state index is 5.74. The molecule has 1 saturated heterocycles. The molecule has 2 heterocycles. The molecular formula is C19H28N2O. The molecule has 120 valence electrons. The van der Waals surface area contributed by atoms with Gasteiger partial charge >= 0.3 is 0 Å². The molecule has 5 aliphatic rings. The van der Waals surface area contributed by atoms with Gasteiger partial charge < -0.3 is 9.72 Å². The number of nitrogens with one attached hydrogen (secondary N) is 1. The summed E-state index contributed by atoms with van der Waals surface area (Å²) in [6.45, 7) is 0.897. The first kappa shape index (κ1) is 13.6. The molecule has 5 fully saturated rings. The molecule has 4 saturated carbocycles. The summed E-state index contributed by atoms with van der Waals surface area (Å²) in [5.41, 5.74) is 2.02. The Bertz CT molecular complexity index is 508. The Labute approximate surface area is 133 Å². The largest absolute Gasteiger partial charge is 0.370 e.